The molecule has 2 rings (SSSR count). The van der Waals surface area contributed by atoms with E-state index in [1.807, 2.05) is 54.6 Å². The van der Waals surface area contributed by atoms with Crippen LogP contribution >= 0.6 is 12.4 Å². The Balaban J connectivity index is 0.00000220. The summed E-state index contributed by atoms with van der Waals surface area (Å²) in [5, 5.41) is 0. The predicted octanol–water partition coefficient (Wildman–Crippen LogP) is 3.46. The van der Waals surface area contributed by atoms with Crippen LogP contribution in [-0.4, -0.2) is 13.1 Å². The highest BCUT2D eigenvalue weighted by Crippen LogP contribution is 2.24. The summed E-state index contributed by atoms with van der Waals surface area (Å²) in [5.74, 6) is 1.12. The van der Waals surface area contributed by atoms with Crippen molar-refractivity contribution in [2.75, 3.05) is 7.11 Å². The molecule has 0 aliphatic heterocycles. The van der Waals surface area contributed by atoms with E-state index in [0.29, 0.717) is 5.75 Å². The summed E-state index contributed by atoms with van der Waals surface area (Å²) in [7, 11) is 1.35. The molecule has 0 bridgehead atoms. The molecule has 0 saturated heterocycles. The number of halogens is 1. The number of methoxy groups -OCH3 is 1. The smallest absolute Gasteiger partial charge is 0.307 e. The maximum Gasteiger partial charge on any atom is 0.307 e. The summed E-state index contributed by atoms with van der Waals surface area (Å²) < 4.78 is 10.3. The van der Waals surface area contributed by atoms with Crippen LogP contribution < -0.4 is 10.5 Å². The number of para-hydroxylation sites is 1. The van der Waals surface area contributed by atoms with E-state index < -0.39 is 6.04 Å². The minimum absolute atomic E-state index is 0. The van der Waals surface area contributed by atoms with Crippen LogP contribution in [0.3, 0.4) is 0 Å². The van der Waals surface area contributed by atoms with Crippen molar-refractivity contribution in [2.24, 2.45) is 5.73 Å². The quantitative estimate of drug-likeness (QED) is 0.859. The average Bonchev–Trinajstić information content (AvgIpc) is 2.48. The van der Waals surface area contributed by atoms with Gasteiger partial charge in [0.2, 0.25) is 0 Å². The number of hydrogen-bond donors (Lipinski definition) is 1. The van der Waals surface area contributed by atoms with Crippen LogP contribution in [0.4, 0.5) is 0 Å². The van der Waals surface area contributed by atoms with Crippen LogP contribution in [0.1, 0.15) is 18.0 Å². The molecule has 0 aliphatic carbocycles. The molecule has 0 fully saturated rings. The first-order chi connectivity index (χ1) is 9.69. The molecule has 2 aromatic rings. The highest BCUT2D eigenvalue weighted by Gasteiger charge is 2.12. The Hall–Kier alpha value is -2.04. The van der Waals surface area contributed by atoms with Gasteiger partial charge in [-0.05, 0) is 29.8 Å². The van der Waals surface area contributed by atoms with Crippen molar-refractivity contribution >= 4 is 18.4 Å². The van der Waals surface area contributed by atoms with E-state index in [-0.39, 0.29) is 24.8 Å². The number of carbonyl (C=O) groups is 1. The first-order valence-electron chi connectivity index (χ1n) is 6.34. The number of rotatable bonds is 5. The summed E-state index contributed by atoms with van der Waals surface area (Å²) in [5.41, 5.74) is 6.81. The largest absolute Gasteiger partial charge is 0.469 e. The number of carbonyl (C=O) groups excluding carboxylic acids is 1. The second kappa shape index (κ2) is 8.29. The fourth-order valence-electron chi connectivity index (χ4n) is 1.81. The lowest BCUT2D eigenvalue weighted by Crippen LogP contribution is -2.16. The lowest BCUT2D eigenvalue weighted by atomic mass is 10.0. The van der Waals surface area contributed by atoms with Gasteiger partial charge in [-0.25, -0.2) is 0 Å². The standard InChI is InChI=1S/C16H17NO3.ClH/c1-19-16(18)11-15(17)12-6-5-9-14(10-12)20-13-7-3-2-4-8-13;/h2-10,15H,11,17H2,1H3;1H/t15-;/m1./s1. The molecule has 2 N–H and O–H groups in total. The number of ether oxygens (including phenoxy) is 2. The highest BCUT2D eigenvalue weighted by atomic mass is 35.5. The molecule has 0 aromatic heterocycles. The third-order valence-electron chi connectivity index (χ3n) is 2.88. The normalized spacial score (nSPS) is 11.1. The molecule has 0 spiro atoms. The SMILES string of the molecule is COC(=O)C[C@@H](N)c1cccc(Oc2ccccc2)c1.Cl. The average molecular weight is 308 g/mol. The van der Waals surface area contributed by atoms with Gasteiger partial charge in [-0.2, -0.15) is 0 Å². The summed E-state index contributed by atoms with van der Waals surface area (Å²) >= 11 is 0. The fourth-order valence-corrected chi connectivity index (χ4v) is 1.81. The van der Waals surface area contributed by atoms with E-state index in [0.717, 1.165) is 11.3 Å². The number of benzene rings is 2. The van der Waals surface area contributed by atoms with E-state index >= 15 is 0 Å². The van der Waals surface area contributed by atoms with Crippen LogP contribution in [-0.2, 0) is 9.53 Å². The lowest BCUT2D eigenvalue weighted by Gasteiger charge is -2.12. The van der Waals surface area contributed by atoms with Crippen molar-refractivity contribution in [2.45, 2.75) is 12.5 Å². The third kappa shape index (κ3) is 5.10. The molecule has 0 heterocycles. The molecule has 1 atom stereocenters. The second-order valence-corrected chi connectivity index (χ2v) is 4.37. The van der Waals surface area contributed by atoms with Crippen molar-refractivity contribution in [1.82, 2.24) is 0 Å². The molecule has 0 unspecified atom stereocenters. The Morgan fingerprint density at radius 1 is 1.10 bits per heavy atom. The summed E-state index contributed by atoms with van der Waals surface area (Å²) in [6, 6.07) is 16.5. The van der Waals surface area contributed by atoms with E-state index in [1.165, 1.54) is 7.11 Å². The molecule has 112 valence electrons. The van der Waals surface area contributed by atoms with Gasteiger partial charge in [0, 0.05) is 6.04 Å². The molecule has 2 aromatic carbocycles. The highest BCUT2D eigenvalue weighted by molar-refractivity contribution is 5.85. The van der Waals surface area contributed by atoms with Crippen LogP contribution in [0.25, 0.3) is 0 Å². The zero-order chi connectivity index (χ0) is 14.4. The van der Waals surface area contributed by atoms with E-state index in [9.17, 15) is 4.79 Å². The van der Waals surface area contributed by atoms with Gasteiger partial charge in [0.15, 0.2) is 0 Å². The Kier molecular flexibility index (Phi) is 6.72. The molecular formula is C16H18ClNO3. The monoisotopic (exact) mass is 307 g/mol. The minimum atomic E-state index is -0.401. The minimum Gasteiger partial charge on any atom is -0.469 e. The van der Waals surface area contributed by atoms with E-state index in [2.05, 4.69) is 4.74 Å². The molecule has 0 aliphatic rings. The third-order valence-corrected chi connectivity index (χ3v) is 2.88. The van der Waals surface area contributed by atoms with Gasteiger partial charge in [-0.3, -0.25) is 4.79 Å². The Morgan fingerprint density at radius 3 is 2.43 bits per heavy atom. The van der Waals surface area contributed by atoms with Gasteiger partial charge >= 0.3 is 5.97 Å². The van der Waals surface area contributed by atoms with Gasteiger partial charge in [-0.15, -0.1) is 12.4 Å². The second-order valence-electron chi connectivity index (χ2n) is 4.37. The Bertz CT molecular complexity index is 575. The molecule has 4 nitrogen and oxygen atoms in total. The van der Waals surface area contributed by atoms with Gasteiger partial charge in [0.05, 0.1) is 13.5 Å². The van der Waals surface area contributed by atoms with Crippen LogP contribution in [0.2, 0.25) is 0 Å². The molecule has 21 heavy (non-hydrogen) atoms. The molecule has 5 heteroatoms. The van der Waals surface area contributed by atoms with Gasteiger partial charge < -0.3 is 15.2 Å². The van der Waals surface area contributed by atoms with Gasteiger partial charge in [0.1, 0.15) is 11.5 Å². The van der Waals surface area contributed by atoms with Crippen molar-refractivity contribution in [3.05, 3.63) is 60.2 Å². The van der Waals surface area contributed by atoms with E-state index in [1.54, 1.807) is 0 Å². The lowest BCUT2D eigenvalue weighted by molar-refractivity contribution is -0.141. The van der Waals surface area contributed by atoms with Crippen LogP contribution in [0, 0.1) is 0 Å². The maximum atomic E-state index is 11.2. The summed E-state index contributed by atoms with van der Waals surface area (Å²) in [6.45, 7) is 0. The topological polar surface area (TPSA) is 61.5 Å². The number of esters is 1. The molecule has 0 amide bonds. The molecule has 0 saturated carbocycles. The predicted molar refractivity (Wildman–Crippen MR) is 83.8 cm³/mol. The Labute approximate surface area is 130 Å². The van der Waals surface area contributed by atoms with Crippen molar-refractivity contribution in [3.63, 3.8) is 0 Å². The van der Waals surface area contributed by atoms with Crippen LogP contribution in [0.5, 0.6) is 11.5 Å². The van der Waals surface area contributed by atoms with Gasteiger partial charge in [-0.1, -0.05) is 30.3 Å². The zero-order valence-electron chi connectivity index (χ0n) is 11.7. The number of nitrogens with two attached hydrogens (primary N) is 1. The summed E-state index contributed by atoms with van der Waals surface area (Å²) in [4.78, 5) is 11.2. The maximum absolute atomic E-state index is 11.2. The van der Waals surface area contributed by atoms with Crippen LogP contribution in [0.15, 0.2) is 54.6 Å². The summed E-state index contributed by atoms with van der Waals surface area (Å²) in [6.07, 6.45) is 0.144. The van der Waals surface area contributed by atoms with E-state index in [4.69, 9.17) is 10.5 Å². The fraction of sp³-hybridized carbons (Fsp3) is 0.188. The first-order valence-corrected chi connectivity index (χ1v) is 6.34. The van der Waals surface area contributed by atoms with Crippen molar-refractivity contribution in [1.29, 1.82) is 0 Å². The zero-order valence-corrected chi connectivity index (χ0v) is 12.5. The molecular weight excluding hydrogens is 290 g/mol. The van der Waals surface area contributed by atoms with Gasteiger partial charge in [0.25, 0.3) is 0 Å². The first kappa shape index (κ1) is 17.0. The Morgan fingerprint density at radius 2 is 1.76 bits per heavy atom. The number of hydrogen-bond acceptors (Lipinski definition) is 4. The van der Waals surface area contributed by atoms with Crippen molar-refractivity contribution in [3.8, 4) is 11.5 Å². The van der Waals surface area contributed by atoms with Crippen molar-refractivity contribution < 1.29 is 14.3 Å². The molecule has 0 radical (unpaired) electrons.